The molecular formula is C13H19N3. The number of fused-ring (bicyclic) bond motifs is 1. The van der Waals surface area contributed by atoms with E-state index < -0.39 is 0 Å². The van der Waals surface area contributed by atoms with Gasteiger partial charge in [0.05, 0.1) is 0 Å². The van der Waals surface area contributed by atoms with Gasteiger partial charge >= 0.3 is 0 Å². The van der Waals surface area contributed by atoms with Crippen molar-refractivity contribution < 1.29 is 0 Å². The van der Waals surface area contributed by atoms with E-state index in [1.165, 1.54) is 49.1 Å². The van der Waals surface area contributed by atoms with E-state index in [-0.39, 0.29) is 0 Å². The van der Waals surface area contributed by atoms with E-state index >= 15 is 0 Å². The SMILES string of the molecule is Cc1nc(N2CCCCC2)nc2c1CCC2. The van der Waals surface area contributed by atoms with Crippen molar-refractivity contribution in [2.75, 3.05) is 18.0 Å². The Hall–Kier alpha value is -1.12. The molecule has 0 unspecified atom stereocenters. The van der Waals surface area contributed by atoms with Crippen molar-refractivity contribution in [3.8, 4) is 0 Å². The van der Waals surface area contributed by atoms with Crippen LogP contribution in [0.2, 0.25) is 0 Å². The molecule has 0 aromatic carbocycles. The predicted octanol–water partition coefficient (Wildman–Crippen LogP) is 2.26. The van der Waals surface area contributed by atoms with E-state index in [0.717, 1.165) is 25.5 Å². The van der Waals surface area contributed by atoms with Crippen LogP contribution < -0.4 is 4.90 Å². The van der Waals surface area contributed by atoms with Crippen molar-refractivity contribution in [1.82, 2.24) is 9.97 Å². The lowest BCUT2D eigenvalue weighted by atomic mass is 10.1. The van der Waals surface area contributed by atoms with Crippen LogP contribution in [0.3, 0.4) is 0 Å². The fraction of sp³-hybridized carbons (Fsp3) is 0.692. The van der Waals surface area contributed by atoms with Gasteiger partial charge in [-0.25, -0.2) is 9.97 Å². The van der Waals surface area contributed by atoms with Gasteiger partial charge < -0.3 is 4.90 Å². The van der Waals surface area contributed by atoms with Crippen LogP contribution in [0.15, 0.2) is 0 Å². The van der Waals surface area contributed by atoms with Crippen LogP contribution in [0.5, 0.6) is 0 Å². The monoisotopic (exact) mass is 217 g/mol. The van der Waals surface area contributed by atoms with Gasteiger partial charge in [-0.05, 0) is 51.0 Å². The van der Waals surface area contributed by atoms with Crippen LogP contribution in [-0.4, -0.2) is 23.1 Å². The first-order valence-electron chi connectivity index (χ1n) is 6.46. The van der Waals surface area contributed by atoms with Gasteiger partial charge in [0.25, 0.3) is 0 Å². The average molecular weight is 217 g/mol. The predicted molar refractivity (Wildman–Crippen MR) is 64.9 cm³/mol. The molecule has 1 aromatic rings. The second-order valence-electron chi connectivity index (χ2n) is 4.94. The fourth-order valence-electron chi connectivity index (χ4n) is 2.84. The van der Waals surface area contributed by atoms with Crippen LogP contribution in [-0.2, 0) is 12.8 Å². The van der Waals surface area contributed by atoms with Gasteiger partial charge in [-0.3, -0.25) is 0 Å². The van der Waals surface area contributed by atoms with E-state index in [4.69, 9.17) is 4.98 Å². The zero-order chi connectivity index (χ0) is 11.0. The number of aromatic nitrogens is 2. The second-order valence-corrected chi connectivity index (χ2v) is 4.94. The normalized spacial score (nSPS) is 19.9. The van der Waals surface area contributed by atoms with Gasteiger partial charge in [-0.15, -0.1) is 0 Å². The number of piperidine rings is 1. The summed E-state index contributed by atoms with van der Waals surface area (Å²) in [6.45, 7) is 4.41. The summed E-state index contributed by atoms with van der Waals surface area (Å²) in [5, 5.41) is 0. The topological polar surface area (TPSA) is 29.0 Å². The first kappa shape index (κ1) is 10.1. The fourth-order valence-corrected chi connectivity index (χ4v) is 2.84. The number of anilines is 1. The van der Waals surface area contributed by atoms with Gasteiger partial charge in [0, 0.05) is 24.5 Å². The zero-order valence-corrected chi connectivity index (χ0v) is 10.00. The Morgan fingerprint density at radius 1 is 0.938 bits per heavy atom. The van der Waals surface area contributed by atoms with E-state index in [1.54, 1.807) is 0 Å². The molecule has 1 aliphatic heterocycles. The minimum atomic E-state index is 0.984. The van der Waals surface area contributed by atoms with Gasteiger partial charge in [-0.1, -0.05) is 0 Å². The molecule has 0 saturated carbocycles. The Labute approximate surface area is 96.9 Å². The smallest absolute Gasteiger partial charge is 0.225 e. The highest BCUT2D eigenvalue weighted by molar-refractivity contribution is 5.39. The molecule has 1 aliphatic carbocycles. The number of nitrogens with zero attached hydrogens (tertiary/aromatic N) is 3. The van der Waals surface area contributed by atoms with Gasteiger partial charge in [0.2, 0.25) is 5.95 Å². The first-order valence-corrected chi connectivity index (χ1v) is 6.46. The third kappa shape index (κ3) is 1.68. The quantitative estimate of drug-likeness (QED) is 0.722. The number of rotatable bonds is 1. The molecule has 1 aromatic heterocycles. The molecule has 0 bridgehead atoms. The molecule has 0 N–H and O–H groups in total. The summed E-state index contributed by atoms with van der Waals surface area (Å²) in [4.78, 5) is 11.8. The highest BCUT2D eigenvalue weighted by Gasteiger charge is 2.20. The lowest BCUT2D eigenvalue weighted by Gasteiger charge is -2.27. The number of hydrogen-bond donors (Lipinski definition) is 0. The highest BCUT2D eigenvalue weighted by Crippen LogP contribution is 2.25. The van der Waals surface area contributed by atoms with E-state index in [1.807, 2.05) is 0 Å². The molecule has 0 radical (unpaired) electrons. The van der Waals surface area contributed by atoms with Crippen molar-refractivity contribution in [2.24, 2.45) is 0 Å². The van der Waals surface area contributed by atoms with Gasteiger partial charge in [0.15, 0.2) is 0 Å². The van der Waals surface area contributed by atoms with E-state index in [9.17, 15) is 0 Å². The lowest BCUT2D eigenvalue weighted by Crippen LogP contribution is -2.31. The van der Waals surface area contributed by atoms with Crippen molar-refractivity contribution in [3.05, 3.63) is 17.0 Å². The lowest BCUT2D eigenvalue weighted by molar-refractivity contribution is 0.567. The van der Waals surface area contributed by atoms with Crippen LogP contribution >= 0.6 is 0 Å². The highest BCUT2D eigenvalue weighted by atomic mass is 15.3. The van der Waals surface area contributed by atoms with Crippen LogP contribution in [0, 0.1) is 6.92 Å². The zero-order valence-electron chi connectivity index (χ0n) is 10.00. The Balaban J connectivity index is 1.92. The first-order chi connectivity index (χ1) is 7.84. The van der Waals surface area contributed by atoms with Gasteiger partial charge in [-0.2, -0.15) is 0 Å². The number of hydrogen-bond acceptors (Lipinski definition) is 3. The molecule has 3 heteroatoms. The van der Waals surface area contributed by atoms with Crippen LogP contribution in [0.1, 0.15) is 42.6 Å². The largest absolute Gasteiger partial charge is 0.341 e. The van der Waals surface area contributed by atoms with E-state index in [2.05, 4.69) is 16.8 Å². The second kappa shape index (κ2) is 4.04. The standard InChI is InChI=1S/C13H19N3/c1-10-11-6-5-7-12(11)15-13(14-10)16-8-3-2-4-9-16/h2-9H2,1H3. The van der Waals surface area contributed by atoms with Crippen molar-refractivity contribution in [2.45, 2.75) is 45.4 Å². The summed E-state index contributed by atoms with van der Waals surface area (Å²) in [7, 11) is 0. The molecule has 86 valence electrons. The molecule has 0 amide bonds. The summed E-state index contributed by atoms with van der Waals surface area (Å²) < 4.78 is 0. The van der Waals surface area contributed by atoms with Crippen molar-refractivity contribution >= 4 is 5.95 Å². The summed E-state index contributed by atoms with van der Waals surface area (Å²) in [6.07, 6.45) is 7.54. The van der Waals surface area contributed by atoms with Gasteiger partial charge in [0.1, 0.15) is 0 Å². The Morgan fingerprint density at radius 3 is 2.56 bits per heavy atom. The maximum absolute atomic E-state index is 4.75. The third-order valence-corrected chi connectivity index (χ3v) is 3.77. The van der Waals surface area contributed by atoms with E-state index in [0.29, 0.717) is 0 Å². The molecule has 3 rings (SSSR count). The molecule has 1 fully saturated rings. The Morgan fingerprint density at radius 2 is 1.75 bits per heavy atom. The van der Waals surface area contributed by atoms with Crippen molar-refractivity contribution in [3.63, 3.8) is 0 Å². The summed E-state index contributed by atoms with van der Waals surface area (Å²) in [6, 6.07) is 0. The van der Waals surface area contributed by atoms with Crippen molar-refractivity contribution in [1.29, 1.82) is 0 Å². The Bertz CT molecular complexity index is 394. The maximum Gasteiger partial charge on any atom is 0.225 e. The third-order valence-electron chi connectivity index (χ3n) is 3.77. The van der Waals surface area contributed by atoms with Crippen LogP contribution in [0.4, 0.5) is 5.95 Å². The summed E-state index contributed by atoms with van der Waals surface area (Å²) >= 11 is 0. The molecule has 16 heavy (non-hydrogen) atoms. The summed E-state index contributed by atoms with van der Waals surface area (Å²) in [5.41, 5.74) is 3.94. The molecule has 3 nitrogen and oxygen atoms in total. The summed E-state index contributed by atoms with van der Waals surface area (Å²) in [5.74, 6) is 0.984. The molecule has 0 spiro atoms. The van der Waals surface area contributed by atoms with Crippen LogP contribution in [0.25, 0.3) is 0 Å². The molecular weight excluding hydrogens is 198 g/mol. The minimum absolute atomic E-state index is 0.984. The number of aryl methyl sites for hydroxylation is 2. The maximum atomic E-state index is 4.75. The molecule has 2 heterocycles. The minimum Gasteiger partial charge on any atom is -0.341 e. The average Bonchev–Trinajstić information content (AvgIpc) is 2.79. The molecule has 0 atom stereocenters. The molecule has 2 aliphatic rings. The molecule has 1 saturated heterocycles. The Kier molecular flexibility index (Phi) is 2.54.